The lowest BCUT2D eigenvalue weighted by molar-refractivity contribution is -0.582. The van der Waals surface area contributed by atoms with Gasteiger partial charge in [-0.2, -0.15) is 4.79 Å². The average Bonchev–Trinajstić information content (AvgIpc) is 2.47. The molecule has 0 N–H and O–H groups in total. The average molecular weight is 286 g/mol. The van der Waals surface area contributed by atoms with Crippen LogP contribution in [-0.4, -0.2) is 18.2 Å². The zero-order valence-corrected chi connectivity index (χ0v) is 11.9. The number of para-hydroxylation sites is 1. The highest BCUT2D eigenvalue weighted by molar-refractivity contribution is 5.88. The first-order valence-corrected chi connectivity index (χ1v) is 6.56. The molecule has 0 spiro atoms. The maximum atomic E-state index is 12.0. The Morgan fingerprint density at radius 3 is 2.43 bits per heavy atom. The molecule has 2 aromatic rings. The molecule has 0 atom stereocenters. The van der Waals surface area contributed by atoms with E-state index in [9.17, 15) is 9.59 Å². The summed E-state index contributed by atoms with van der Waals surface area (Å²) in [6, 6.07) is 11.9. The van der Waals surface area contributed by atoms with Crippen molar-refractivity contribution in [2.75, 3.05) is 0 Å². The second-order valence-electron chi connectivity index (χ2n) is 4.63. The van der Waals surface area contributed by atoms with E-state index in [0.717, 1.165) is 0 Å². The molecule has 5 heteroatoms. The molecule has 0 aliphatic rings. The number of benzene rings is 1. The highest BCUT2D eigenvalue weighted by Crippen LogP contribution is 2.08. The number of carbonyl (C=O) groups excluding carboxylic acids is 2. The molecule has 108 valence electrons. The maximum absolute atomic E-state index is 12.0. The molecule has 0 fully saturated rings. The van der Waals surface area contributed by atoms with Gasteiger partial charge in [0.15, 0.2) is 12.4 Å². The van der Waals surface area contributed by atoms with Gasteiger partial charge in [-0.3, -0.25) is 0 Å². The Kier molecular flexibility index (Phi) is 4.66. The molecule has 0 amide bonds. The minimum atomic E-state index is -0.597. The Morgan fingerprint density at radius 2 is 1.76 bits per heavy atom. The number of aromatic nitrogens is 1. The lowest BCUT2D eigenvalue weighted by atomic mass is 10.3. The van der Waals surface area contributed by atoms with Crippen LogP contribution >= 0.6 is 0 Å². The van der Waals surface area contributed by atoms with E-state index in [4.69, 9.17) is 9.47 Å². The van der Waals surface area contributed by atoms with Crippen molar-refractivity contribution in [3.63, 3.8) is 0 Å². The molecule has 0 bridgehead atoms. The largest absolute Gasteiger partial charge is 0.607 e. The first-order valence-electron chi connectivity index (χ1n) is 6.56. The first-order chi connectivity index (χ1) is 10.1. The molecule has 0 aliphatic carbocycles. The predicted molar refractivity (Wildman–Crippen MR) is 75.1 cm³/mol. The number of carbonyl (C=O) groups is 2. The molecule has 21 heavy (non-hydrogen) atoms. The van der Waals surface area contributed by atoms with Crippen LogP contribution in [0.3, 0.4) is 0 Å². The van der Waals surface area contributed by atoms with E-state index >= 15 is 0 Å². The molecule has 0 saturated heterocycles. The monoisotopic (exact) mass is 286 g/mol. The number of ether oxygens (including phenoxy) is 2. The maximum Gasteiger partial charge on any atom is 0.607 e. The van der Waals surface area contributed by atoms with Crippen LogP contribution in [0.25, 0.3) is 0 Å². The molecule has 1 heterocycles. The van der Waals surface area contributed by atoms with Crippen LogP contribution < -0.4 is 9.30 Å². The summed E-state index contributed by atoms with van der Waals surface area (Å²) in [5.41, 5.74) is 0.288. The number of hydrogen-bond acceptors (Lipinski definition) is 4. The number of hydrogen-bond donors (Lipinski definition) is 0. The van der Waals surface area contributed by atoms with Crippen molar-refractivity contribution in [3.8, 4) is 5.75 Å². The van der Waals surface area contributed by atoms with Crippen molar-refractivity contribution in [2.24, 2.45) is 0 Å². The third-order valence-corrected chi connectivity index (χ3v) is 2.54. The van der Waals surface area contributed by atoms with E-state index in [1.807, 2.05) is 6.07 Å². The normalized spacial score (nSPS) is 10.2. The summed E-state index contributed by atoms with van der Waals surface area (Å²) >= 11 is 0. The Hall–Kier alpha value is -2.69. The van der Waals surface area contributed by atoms with Gasteiger partial charge in [-0.05, 0) is 32.0 Å². The van der Waals surface area contributed by atoms with Crippen molar-refractivity contribution < 1.29 is 23.6 Å². The third-order valence-electron chi connectivity index (χ3n) is 2.54. The summed E-state index contributed by atoms with van der Waals surface area (Å²) < 4.78 is 11.5. The summed E-state index contributed by atoms with van der Waals surface area (Å²) in [4.78, 5) is 23.8. The summed E-state index contributed by atoms with van der Waals surface area (Å²) in [5.74, 6) is -0.0444. The van der Waals surface area contributed by atoms with Crippen molar-refractivity contribution in [1.29, 1.82) is 0 Å². The van der Waals surface area contributed by atoms with Gasteiger partial charge in [0.05, 0.1) is 6.10 Å². The number of pyridine rings is 1. The first kappa shape index (κ1) is 14.7. The number of esters is 1. The van der Waals surface area contributed by atoms with Gasteiger partial charge >= 0.3 is 12.1 Å². The highest BCUT2D eigenvalue weighted by atomic mass is 16.6. The van der Waals surface area contributed by atoms with Crippen molar-refractivity contribution in [1.82, 2.24) is 0 Å². The lowest BCUT2D eigenvalue weighted by Crippen LogP contribution is -2.45. The molecule has 0 saturated carbocycles. The summed E-state index contributed by atoms with van der Waals surface area (Å²) in [7, 11) is 0. The van der Waals surface area contributed by atoms with Gasteiger partial charge in [0.1, 0.15) is 11.3 Å². The Morgan fingerprint density at radius 1 is 1.05 bits per heavy atom. The smallest absolute Gasteiger partial charge is 0.459 e. The lowest BCUT2D eigenvalue weighted by Gasteiger charge is -2.06. The molecule has 1 aromatic carbocycles. The molecule has 2 rings (SSSR count). The van der Waals surface area contributed by atoms with Crippen molar-refractivity contribution in [2.45, 2.75) is 20.0 Å². The van der Waals surface area contributed by atoms with Crippen molar-refractivity contribution in [3.05, 3.63) is 60.4 Å². The van der Waals surface area contributed by atoms with Gasteiger partial charge in [0.25, 0.3) is 0 Å². The third kappa shape index (κ3) is 4.14. The van der Waals surface area contributed by atoms with Crippen LogP contribution in [0.1, 0.15) is 24.2 Å². The van der Waals surface area contributed by atoms with Gasteiger partial charge < -0.3 is 9.47 Å². The second kappa shape index (κ2) is 6.65. The van der Waals surface area contributed by atoms with Crippen LogP contribution in [0.5, 0.6) is 5.75 Å². The quantitative estimate of drug-likeness (QED) is 0.643. The van der Waals surface area contributed by atoms with Gasteiger partial charge in [0.2, 0.25) is 0 Å². The molecule has 0 unspecified atom stereocenters. The van der Waals surface area contributed by atoms with E-state index < -0.39 is 12.1 Å². The predicted octanol–water partition coefficient (Wildman–Crippen LogP) is 2.59. The molecular formula is C16H16NO4+. The van der Waals surface area contributed by atoms with E-state index in [0.29, 0.717) is 5.75 Å². The minimum absolute atomic E-state index is 0.220. The van der Waals surface area contributed by atoms with E-state index in [2.05, 4.69) is 0 Å². The highest BCUT2D eigenvalue weighted by Gasteiger charge is 2.20. The molecule has 1 aromatic heterocycles. The molecule has 5 nitrogen and oxygen atoms in total. The van der Waals surface area contributed by atoms with Crippen LogP contribution in [0.4, 0.5) is 4.79 Å². The SMILES string of the molecule is CC(C)OC(=O)c1ccc[n+](C(=O)Oc2ccccc2)c1. The Balaban J connectivity index is 2.13. The minimum Gasteiger partial charge on any atom is -0.459 e. The van der Waals surface area contributed by atoms with E-state index in [-0.39, 0.29) is 11.7 Å². The zero-order chi connectivity index (χ0) is 15.2. The standard InChI is InChI=1S/C16H16NO4/c1-12(2)20-15(18)13-7-6-10-17(11-13)16(19)21-14-8-4-3-5-9-14/h3-12H,1-2H3/q+1. The topological polar surface area (TPSA) is 56.5 Å². The van der Waals surface area contributed by atoms with Gasteiger partial charge in [-0.1, -0.05) is 22.8 Å². The Bertz CT molecular complexity index is 638. The van der Waals surface area contributed by atoms with Crippen LogP contribution in [0, 0.1) is 0 Å². The van der Waals surface area contributed by atoms with E-state index in [1.54, 1.807) is 50.2 Å². The van der Waals surface area contributed by atoms with Gasteiger partial charge in [-0.15, -0.1) is 0 Å². The summed E-state index contributed by atoms with van der Waals surface area (Å²) in [6.45, 7) is 3.52. The fourth-order valence-corrected chi connectivity index (χ4v) is 1.63. The second-order valence-corrected chi connectivity index (χ2v) is 4.63. The zero-order valence-electron chi connectivity index (χ0n) is 11.9. The molecule has 0 aliphatic heterocycles. The molecular weight excluding hydrogens is 270 g/mol. The number of rotatable bonds is 3. The van der Waals surface area contributed by atoms with Gasteiger partial charge in [0, 0.05) is 6.07 Å². The molecule has 0 radical (unpaired) electrons. The summed E-state index contributed by atoms with van der Waals surface area (Å²) in [6.07, 6.45) is 2.08. The van der Waals surface area contributed by atoms with Crippen LogP contribution in [0.2, 0.25) is 0 Å². The van der Waals surface area contributed by atoms with Crippen molar-refractivity contribution >= 4 is 12.1 Å². The van der Waals surface area contributed by atoms with Crippen LogP contribution in [0.15, 0.2) is 54.9 Å². The van der Waals surface area contributed by atoms with E-state index in [1.165, 1.54) is 17.0 Å². The van der Waals surface area contributed by atoms with Crippen LogP contribution in [-0.2, 0) is 4.74 Å². The Labute approximate surface area is 122 Å². The number of nitrogens with zero attached hydrogens (tertiary/aromatic N) is 1. The fourth-order valence-electron chi connectivity index (χ4n) is 1.63. The van der Waals surface area contributed by atoms with Gasteiger partial charge in [-0.25, -0.2) is 4.79 Å². The summed E-state index contributed by atoms with van der Waals surface area (Å²) in [5, 5.41) is 0. The fraction of sp³-hybridized carbons (Fsp3) is 0.188.